The van der Waals surface area contributed by atoms with Gasteiger partial charge in [0.2, 0.25) is 0 Å². The third-order valence-corrected chi connectivity index (χ3v) is 1.77. The molecule has 0 saturated carbocycles. The van der Waals surface area contributed by atoms with E-state index in [1.54, 1.807) is 0 Å². The van der Waals surface area contributed by atoms with E-state index in [1.807, 2.05) is 12.3 Å². The predicted molar refractivity (Wildman–Crippen MR) is 39.5 cm³/mol. The van der Waals surface area contributed by atoms with Crippen LogP contribution >= 0.6 is 0 Å². The summed E-state index contributed by atoms with van der Waals surface area (Å²) in [7, 11) is 0. The molecule has 0 fully saturated rings. The Morgan fingerprint density at radius 2 is 2.44 bits per heavy atom. The highest BCUT2D eigenvalue weighted by Crippen LogP contribution is 2.14. The van der Waals surface area contributed by atoms with Crippen molar-refractivity contribution >= 4 is 0 Å². The minimum atomic E-state index is 0.681. The second-order valence-electron chi connectivity index (χ2n) is 2.43. The van der Waals surface area contributed by atoms with Crippen LogP contribution in [0.4, 0.5) is 0 Å². The molecule has 0 aliphatic carbocycles. The van der Waals surface area contributed by atoms with E-state index in [0.29, 0.717) is 5.92 Å². The summed E-state index contributed by atoms with van der Waals surface area (Å²) < 4.78 is 0. The van der Waals surface area contributed by atoms with Crippen LogP contribution in [0.25, 0.3) is 0 Å². The van der Waals surface area contributed by atoms with Crippen molar-refractivity contribution in [3.05, 3.63) is 24.0 Å². The fourth-order valence-electron chi connectivity index (χ4n) is 0.871. The van der Waals surface area contributed by atoms with Crippen LogP contribution < -0.4 is 0 Å². The summed E-state index contributed by atoms with van der Waals surface area (Å²) in [5.41, 5.74) is 1.34. The first-order chi connectivity index (χ1) is 4.34. The standard InChI is InChI=1S/C8H13N/c1-3-7(2)8-5-4-6-9-8/h4-7,9H,3H2,1-2H3. The van der Waals surface area contributed by atoms with Crippen LogP contribution in [0.5, 0.6) is 0 Å². The van der Waals surface area contributed by atoms with Crippen LogP contribution in [0, 0.1) is 0 Å². The van der Waals surface area contributed by atoms with Gasteiger partial charge in [-0.15, -0.1) is 0 Å². The van der Waals surface area contributed by atoms with Gasteiger partial charge >= 0.3 is 0 Å². The number of hydrogen-bond donors (Lipinski definition) is 1. The molecule has 0 spiro atoms. The van der Waals surface area contributed by atoms with Crippen LogP contribution in [0.3, 0.4) is 0 Å². The highest BCUT2D eigenvalue weighted by Gasteiger charge is 2.00. The van der Waals surface area contributed by atoms with E-state index in [9.17, 15) is 0 Å². The minimum absolute atomic E-state index is 0.681. The summed E-state index contributed by atoms with van der Waals surface area (Å²) in [4.78, 5) is 3.19. The Morgan fingerprint density at radius 3 is 2.89 bits per heavy atom. The van der Waals surface area contributed by atoms with Crippen LogP contribution in [-0.2, 0) is 0 Å². The number of hydrogen-bond acceptors (Lipinski definition) is 0. The van der Waals surface area contributed by atoms with E-state index in [-0.39, 0.29) is 0 Å². The van der Waals surface area contributed by atoms with Gasteiger partial charge in [0.15, 0.2) is 0 Å². The lowest BCUT2D eigenvalue weighted by molar-refractivity contribution is 0.713. The molecule has 1 nitrogen and oxygen atoms in total. The Balaban J connectivity index is 2.65. The molecule has 0 bridgehead atoms. The molecule has 0 aliphatic rings. The van der Waals surface area contributed by atoms with E-state index in [4.69, 9.17) is 0 Å². The summed E-state index contributed by atoms with van der Waals surface area (Å²) in [5, 5.41) is 0. The Morgan fingerprint density at radius 1 is 1.67 bits per heavy atom. The average Bonchev–Trinajstić information content (AvgIpc) is 2.37. The molecule has 1 N–H and O–H groups in total. The number of aromatic amines is 1. The van der Waals surface area contributed by atoms with Crippen LogP contribution in [0.1, 0.15) is 31.9 Å². The largest absolute Gasteiger partial charge is 0.365 e. The summed E-state index contributed by atoms with van der Waals surface area (Å²) in [6.07, 6.45) is 3.18. The smallest absolute Gasteiger partial charge is 0.0175 e. The van der Waals surface area contributed by atoms with Crippen molar-refractivity contribution in [3.63, 3.8) is 0 Å². The summed E-state index contributed by atoms with van der Waals surface area (Å²) >= 11 is 0. The van der Waals surface area contributed by atoms with Crippen LogP contribution in [0.15, 0.2) is 18.3 Å². The van der Waals surface area contributed by atoms with Gasteiger partial charge in [-0.2, -0.15) is 0 Å². The topological polar surface area (TPSA) is 15.8 Å². The first-order valence-electron chi connectivity index (χ1n) is 3.48. The quantitative estimate of drug-likeness (QED) is 0.622. The number of aromatic nitrogens is 1. The lowest BCUT2D eigenvalue weighted by atomic mass is 10.1. The lowest BCUT2D eigenvalue weighted by Crippen LogP contribution is -1.89. The number of nitrogens with one attached hydrogen (secondary N) is 1. The molecular formula is C8H13N. The van der Waals surface area contributed by atoms with E-state index in [2.05, 4.69) is 24.9 Å². The molecule has 50 valence electrons. The second kappa shape index (κ2) is 2.72. The van der Waals surface area contributed by atoms with Gasteiger partial charge < -0.3 is 4.98 Å². The van der Waals surface area contributed by atoms with Gasteiger partial charge in [-0.25, -0.2) is 0 Å². The van der Waals surface area contributed by atoms with E-state index >= 15 is 0 Å². The Bertz CT molecular complexity index is 153. The third kappa shape index (κ3) is 1.35. The summed E-state index contributed by atoms with van der Waals surface area (Å²) in [6, 6.07) is 4.18. The maximum Gasteiger partial charge on any atom is 0.0175 e. The molecule has 1 unspecified atom stereocenters. The van der Waals surface area contributed by atoms with Gasteiger partial charge in [0.05, 0.1) is 0 Å². The summed E-state index contributed by atoms with van der Waals surface area (Å²) in [6.45, 7) is 4.43. The van der Waals surface area contributed by atoms with Gasteiger partial charge in [0, 0.05) is 11.9 Å². The zero-order valence-electron chi connectivity index (χ0n) is 6.02. The molecule has 0 aliphatic heterocycles. The highest BCUT2D eigenvalue weighted by molar-refractivity contribution is 5.08. The monoisotopic (exact) mass is 123 g/mol. The minimum Gasteiger partial charge on any atom is -0.365 e. The molecule has 0 aromatic carbocycles. The van der Waals surface area contributed by atoms with Gasteiger partial charge in [-0.05, 0) is 24.5 Å². The molecule has 1 rings (SSSR count). The number of rotatable bonds is 2. The first kappa shape index (κ1) is 6.40. The van der Waals surface area contributed by atoms with Crippen molar-refractivity contribution in [2.75, 3.05) is 0 Å². The highest BCUT2D eigenvalue weighted by atomic mass is 14.7. The van der Waals surface area contributed by atoms with Crippen molar-refractivity contribution in [1.29, 1.82) is 0 Å². The van der Waals surface area contributed by atoms with E-state index in [1.165, 1.54) is 12.1 Å². The van der Waals surface area contributed by atoms with Crippen LogP contribution in [-0.4, -0.2) is 4.98 Å². The van der Waals surface area contributed by atoms with Crippen molar-refractivity contribution in [2.45, 2.75) is 26.2 Å². The molecule has 0 amide bonds. The Kier molecular flexibility index (Phi) is 1.93. The zero-order chi connectivity index (χ0) is 6.69. The molecule has 0 radical (unpaired) electrons. The molecule has 1 heteroatoms. The second-order valence-corrected chi connectivity index (χ2v) is 2.43. The van der Waals surface area contributed by atoms with Gasteiger partial charge in [0.1, 0.15) is 0 Å². The van der Waals surface area contributed by atoms with Crippen molar-refractivity contribution < 1.29 is 0 Å². The van der Waals surface area contributed by atoms with Crippen molar-refractivity contribution in [3.8, 4) is 0 Å². The lowest BCUT2D eigenvalue weighted by Gasteiger charge is -2.03. The molecule has 1 aromatic rings. The normalized spacial score (nSPS) is 13.6. The SMILES string of the molecule is CCC(C)c1ccc[nH]1. The van der Waals surface area contributed by atoms with Gasteiger partial charge in [0.25, 0.3) is 0 Å². The fourth-order valence-corrected chi connectivity index (χ4v) is 0.871. The molecule has 1 aromatic heterocycles. The predicted octanol–water partition coefficient (Wildman–Crippen LogP) is 2.53. The molecular weight excluding hydrogens is 110 g/mol. The first-order valence-corrected chi connectivity index (χ1v) is 3.48. The van der Waals surface area contributed by atoms with Gasteiger partial charge in [-0.3, -0.25) is 0 Å². The molecule has 9 heavy (non-hydrogen) atoms. The van der Waals surface area contributed by atoms with Crippen LogP contribution in [0.2, 0.25) is 0 Å². The summed E-state index contributed by atoms with van der Waals surface area (Å²) in [5.74, 6) is 0.681. The van der Waals surface area contributed by atoms with E-state index in [0.717, 1.165) is 0 Å². The zero-order valence-corrected chi connectivity index (χ0v) is 6.02. The van der Waals surface area contributed by atoms with Crippen molar-refractivity contribution in [2.24, 2.45) is 0 Å². The maximum atomic E-state index is 3.19. The maximum absolute atomic E-state index is 3.19. The van der Waals surface area contributed by atoms with E-state index < -0.39 is 0 Å². The molecule has 1 atom stereocenters. The average molecular weight is 123 g/mol. The Hall–Kier alpha value is -0.720. The third-order valence-electron chi connectivity index (χ3n) is 1.77. The fraction of sp³-hybridized carbons (Fsp3) is 0.500. The molecule has 1 heterocycles. The number of H-pyrrole nitrogens is 1. The van der Waals surface area contributed by atoms with Crippen molar-refractivity contribution in [1.82, 2.24) is 4.98 Å². The van der Waals surface area contributed by atoms with Gasteiger partial charge in [-0.1, -0.05) is 13.8 Å². The Labute approximate surface area is 56.1 Å². The molecule has 0 saturated heterocycles.